The molecule has 3 N–H and O–H groups in total. The predicted octanol–water partition coefficient (Wildman–Crippen LogP) is 3.40. The Morgan fingerprint density at radius 1 is 1.05 bits per heavy atom. The Kier molecular flexibility index (Phi) is 5.15. The number of rotatable bonds is 4. The fourth-order valence-corrected chi connectivity index (χ4v) is 2.48. The van der Waals surface area contributed by atoms with Crippen LogP contribution in [0.1, 0.15) is 12.5 Å². The lowest BCUT2D eigenvalue weighted by molar-refractivity contribution is 1.03. The molecule has 0 saturated carbocycles. The lowest BCUT2D eigenvalue weighted by Gasteiger charge is -2.04. The summed E-state index contributed by atoms with van der Waals surface area (Å²) >= 11 is 6.44. The van der Waals surface area contributed by atoms with Crippen LogP contribution in [0.15, 0.2) is 69.5 Å². The predicted molar refractivity (Wildman–Crippen MR) is 89.1 cm³/mol. The molecule has 5 heteroatoms. The van der Waals surface area contributed by atoms with Crippen LogP contribution in [0.2, 0.25) is 0 Å². The second-order valence-corrected chi connectivity index (χ2v) is 5.70. The van der Waals surface area contributed by atoms with E-state index in [1.165, 1.54) is 9.79 Å². The lowest BCUT2D eigenvalue weighted by atomic mass is 10.1. The number of hydrazone groups is 1. The summed E-state index contributed by atoms with van der Waals surface area (Å²) in [5.41, 5.74) is 9.80. The van der Waals surface area contributed by atoms with Gasteiger partial charge in [-0.25, -0.2) is 0 Å². The zero-order valence-corrected chi connectivity index (χ0v) is 12.7. The van der Waals surface area contributed by atoms with Crippen LogP contribution in [0.5, 0.6) is 0 Å². The van der Waals surface area contributed by atoms with Gasteiger partial charge in [0.05, 0.1) is 5.71 Å². The van der Waals surface area contributed by atoms with Crippen molar-refractivity contribution in [2.45, 2.75) is 16.7 Å². The van der Waals surface area contributed by atoms with Gasteiger partial charge in [-0.15, -0.1) is 0 Å². The van der Waals surface area contributed by atoms with E-state index in [1.807, 2.05) is 37.3 Å². The number of thiocarbonyl (C=S) groups is 1. The van der Waals surface area contributed by atoms with Crippen LogP contribution in [0, 0.1) is 0 Å². The van der Waals surface area contributed by atoms with Gasteiger partial charge in [-0.2, -0.15) is 5.10 Å². The molecule has 0 spiro atoms. The Balaban J connectivity index is 2.06. The fraction of sp³-hybridized carbons (Fsp3) is 0.0667. The van der Waals surface area contributed by atoms with Gasteiger partial charge in [0.1, 0.15) is 0 Å². The maximum atomic E-state index is 5.34. The van der Waals surface area contributed by atoms with E-state index in [0.29, 0.717) is 0 Å². The van der Waals surface area contributed by atoms with Crippen molar-refractivity contribution in [3.8, 4) is 0 Å². The van der Waals surface area contributed by atoms with E-state index in [4.69, 9.17) is 18.0 Å². The number of nitrogens with one attached hydrogen (secondary N) is 1. The van der Waals surface area contributed by atoms with Gasteiger partial charge >= 0.3 is 0 Å². The smallest absolute Gasteiger partial charge is 0.184 e. The monoisotopic (exact) mass is 301 g/mol. The standard InChI is InChI=1S/C15H15N3S2/c1-11(17-18-15(16)19)12-7-9-14(10-8-12)20-13-5-3-2-4-6-13/h2-10H,1H3,(H3,16,18,19)/b17-11+. The van der Waals surface area contributed by atoms with Crippen LogP contribution in [-0.4, -0.2) is 10.8 Å². The summed E-state index contributed by atoms with van der Waals surface area (Å²) in [6.07, 6.45) is 0. The molecular formula is C15H15N3S2. The minimum absolute atomic E-state index is 0.167. The van der Waals surface area contributed by atoms with Crippen LogP contribution in [0.4, 0.5) is 0 Å². The van der Waals surface area contributed by atoms with Gasteiger partial charge in [-0.3, -0.25) is 5.43 Å². The number of hydrogen-bond acceptors (Lipinski definition) is 3. The molecule has 0 atom stereocenters. The third-order valence-corrected chi connectivity index (χ3v) is 3.69. The Bertz CT molecular complexity index is 607. The minimum atomic E-state index is 0.167. The first-order valence-corrected chi connectivity index (χ1v) is 7.31. The second-order valence-electron chi connectivity index (χ2n) is 4.11. The first-order valence-electron chi connectivity index (χ1n) is 6.08. The zero-order valence-electron chi connectivity index (χ0n) is 11.0. The zero-order chi connectivity index (χ0) is 14.4. The van der Waals surface area contributed by atoms with Gasteiger partial charge in [0.2, 0.25) is 0 Å². The normalized spacial score (nSPS) is 11.2. The van der Waals surface area contributed by atoms with Crippen LogP contribution in [-0.2, 0) is 0 Å². The Morgan fingerprint density at radius 2 is 1.65 bits per heavy atom. The van der Waals surface area contributed by atoms with Gasteiger partial charge < -0.3 is 5.73 Å². The molecule has 20 heavy (non-hydrogen) atoms. The molecule has 0 aliphatic rings. The van der Waals surface area contributed by atoms with Crippen molar-refractivity contribution < 1.29 is 0 Å². The number of nitrogens with zero attached hydrogens (tertiary/aromatic N) is 1. The maximum absolute atomic E-state index is 5.34. The molecule has 0 heterocycles. The van der Waals surface area contributed by atoms with Crippen molar-refractivity contribution in [1.82, 2.24) is 5.43 Å². The Hall–Kier alpha value is -1.85. The van der Waals surface area contributed by atoms with Crippen LogP contribution >= 0.6 is 24.0 Å². The van der Waals surface area contributed by atoms with Crippen LogP contribution in [0.25, 0.3) is 0 Å². The third kappa shape index (κ3) is 4.36. The second kappa shape index (κ2) is 7.07. The van der Waals surface area contributed by atoms with Crippen LogP contribution in [0.3, 0.4) is 0 Å². The van der Waals surface area contributed by atoms with Gasteiger partial charge in [0.25, 0.3) is 0 Å². The molecule has 0 saturated heterocycles. The van der Waals surface area contributed by atoms with E-state index in [2.05, 4.69) is 34.8 Å². The third-order valence-electron chi connectivity index (χ3n) is 2.58. The van der Waals surface area contributed by atoms with E-state index in [-0.39, 0.29) is 5.11 Å². The maximum Gasteiger partial charge on any atom is 0.184 e. The fourth-order valence-electron chi connectivity index (χ4n) is 1.59. The molecule has 0 fully saturated rings. The SMILES string of the molecule is C/C(=N\NC(N)=S)c1ccc(Sc2ccccc2)cc1. The number of nitrogens with two attached hydrogens (primary N) is 1. The van der Waals surface area contributed by atoms with Crippen molar-refractivity contribution in [2.24, 2.45) is 10.8 Å². The van der Waals surface area contributed by atoms with Crippen molar-refractivity contribution >= 4 is 34.8 Å². The number of hydrogen-bond donors (Lipinski definition) is 2. The lowest BCUT2D eigenvalue weighted by Crippen LogP contribution is -2.25. The summed E-state index contributed by atoms with van der Waals surface area (Å²) in [7, 11) is 0. The average Bonchev–Trinajstić information content (AvgIpc) is 2.46. The topological polar surface area (TPSA) is 50.4 Å². The summed E-state index contributed by atoms with van der Waals surface area (Å²) in [5, 5.41) is 4.27. The summed E-state index contributed by atoms with van der Waals surface area (Å²) in [6.45, 7) is 1.91. The highest BCUT2D eigenvalue weighted by molar-refractivity contribution is 7.99. The minimum Gasteiger partial charge on any atom is -0.375 e. The number of benzene rings is 2. The molecule has 0 aliphatic carbocycles. The molecule has 3 nitrogen and oxygen atoms in total. The molecule has 102 valence electrons. The van der Waals surface area contributed by atoms with E-state index >= 15 is 0 Å². The van der Waals surface area contributed by atoms with E-state index in [0.717, 1.165) is 11.3 Å². The summed E-state index contributed by atoms with van der Waals surface area (Å²) in [5.74, 6) is 0. The summed E-state index contributed by atoms with van der Waals surface area (Å²) < 4.78 is 0. The molecule has 0 unspecified atom stereocenters. The molecule has 2 aromatic carbocycles. The highest BCUT2D eigenvalue weighted by Crippen LogP contribution is 2.27. The molecule has 0 aromatic heterocycles. The highest BCUT2D eigenvalue weighted by atomic mass is 32.2. The van der Waals surface area contributed by atoms with Crippen LogP contribution < -0.4 is 11.2 Å². The first kappa shape index (κ1) is 14.6. The largest absolute Gasteiger partial charge is 0.375 e. The van der Waals surface area contributed by atoms with E-state index in [1.54, 1.807) is 11.8 Å². The van der Waals surface area contributed by atoms with Gasteiger partial charge in [0, 0.05) is 9.79 Å². The molecule has 0 bridgehead atoms. The summed E-state index contributed by atoms with van der Waals surface area (Å²) in [4.78, 5) is 2.41. The quantitative estimate of drug-likeness (QED) is 0.516. The average molecular weight is 301 g/mol. The Morgan fingerprint density at radius 3 is 2.25 bits per heavy atom. The molecule has 2 rings (SSSR count). The molecule has 2 aromatic rings. The highest BCUT2D eigenvalue weighted by Gasteiger charge is 2.00. The van der Waals surface area contributed by atoms with Crippen molar-refractivity contribution in [1.29, 1.82) is 0 Å². The van der Waals surface area contributed by atoms with Gasteiger partial charge in [-0.05, 0) is 49.0 Å². The van der Waals surface area contributed by atoms with Crippen molar-refractivity contribution in [3.63, 3.8) is 0 Å². The van der Waals surface area contributed by atoms with Crippen molar-refractivity contribution in [2.75, 3.05) is 0 Å². The van der Waals surface area contributed by atoms with Crippen molar-refractivity contribution in [3.05, 3.63) is 60.2 Å². The summed E-state index contributed by atoms with van der Waals surface area (Å²) in [6, 6.07) is 18.5. The van der Waals surface area contributed by atoms with Gasteiger partial charge in [0.15, 0.2) is 5.11 Å². The molecule has 0 radical (unpaired) electrons. The first-order chi connectivity index (χ1) is 9.65. The molecule has 0 aliphatic heterocycles. The molecular weight excluding hydrogens is 286 g/mol. The van der Waals surface area contributed by atoms with E-state index < -0.39 is 0 Å². The van der Waals surface area contributed by atoms with E-state index in [9.17, 15) is 0 Å². The van der Waals surface area contributed by atoms with Gasteiger partial charge in [-0.1, -0.05) is 42.1 Å². The molecule has 0 amide bonds. The Labute approximate surface area is 128 Å².